The summed E-state index contributed by atoms with van der Waals surface area (Å²) < 4.78 is 18.2. The summed E-state index contributed by atoms with van der Waals surface area (Å²) in [5.74, 6) is 1.45. The Morgan fingerprint density at radius 1 is 1.37 bits per heavy atom. The first-order valence-electron chi connectivity index (χ1n) is 6.82. The molecule has 4 heteroatoms. The van der Waals surface area contributed by atoms with Crippen molar-refractivity contribution >= 4 is 11.6 Å². The zero-order valence-electron chi connectivity index (χ0n) is 11.0. The van der Waals surface area contributed by atoms with Gasteiger partial charge in [-0.2, -0.15) is 0 Å². The number of methoxy groups -OCH3 is 1. The molecule has 2 saturated carbocycles. The summed E-state index contributed by atoms with van der Waals surface area (Å²) in [6.07, 6.45) is 4.64. The minimum atomic E-state index is -0.366. The summed E-state index contributed by atoms with van der Waals surface area (Å²) in [7, 11) is 1.47. The maximum atomic E-state index is 13.1. The van der Waals surface area contributed by atoms with Crippen molar-refractivity contribution in [2.24, 2.45) is 17.8 Å². The van der Waals surface area contributed by atoms with Gasteiger partial charge < -0.3 is 10.1 Å². The minimum absolute atomic E-state index is 0.0529. The molecule has 0 aliphatic heterocycles. The van der Waals surface area contributed by atoms with Gasteiger partial charge >= 0.3 is 0 Å². The van der Waals surface area contributed by atoms with Crippen LogP contribution in [-0.4, -0.2) is 13.0 Å². The molecule has 0 unspecified atom stereocenters. The first-order valence-corrected chi connectivity index (χ1v) is 6.82. The fourth-order valence-corrected chi connectivity index (χ4v) is 3.56. The molecule has 0 saturated heterocycles. The van der Waals surface area contributed by atoms with E-state index in [2.05, 4.69) is 5.32 Å². The number of ether oxygens (including phenoxy) is 1. The van der Waals surface area contributed by atoms with Crippen molar-refractivity contribution in [2.45, 2.75) is 25.7 Å². The van der Waals surface area contributed by atoms with Crippen LogP contribution in [0, 0.1) is 23.6 Å². The second-order valence-corrected chi connectivity index (χ2v) is 5.62. The molecule has 1 amide bonds. The van der Waals surface area contributed by atoms with Crippen molar-refractivity contribution < 1.29 is 13.9 Å². The van der Waals surface area contributed by atoms with Crippen LogP contribution in [0.1, 0.15) is 25.7 Å². The molecule has 0 aromatic heterocycles. The molecule has 2 aliphatic carbocycles. The highest BCUT2D eigenvalue weighted by Crippen LogP contribution is 2.48. The number of fused-ring (bicyclic) bond motifs is 2. The number of halogens is 1. The van der Waals surface area contributed by atoms with Crippen molar-refractivity contribution in [1.82, 2.24) is 0 Å². The van der Waals surface area contributed by atoms with E-state index in [1.807, 2.05) is 0 Å². The van der Waals surface area contributed by atoms with Crippen LogP contribution in [-0.2, 0) is 4.79 Å². The van der Waals surface area contributed by atoms with Gasteiger partial charge in [0.1, 0.15) is 11.6 Å². The Morgan fingerprint density at radius 2 is 2.21 bits per heavy atom. The number of rotatable bonds is 3. The molecule has 1 aromatic carbocycles. The fourth-order valence-electron chi connectivity index (χ4n) is 3.56. The van der Waals surface area contributed by atoms with E-state index in [9.17, 15) is 9.18 Å². The minimum Gasteiger partial charge on any atom is -0.494 e. The van der Waals surface area contributed by atoms with Gasteiger partial charge in [0.05, 0.1) is 12.8 Å². The molecule has 19 heavy (non-hydrogen) atoms. The highest BCUT2D eigenvalue weighted by molar-refractivity contribution is 5.94. The second kappa shape index (κ2) is 4.83. The summed E-state index contributed by atoms with van der Waals surface area (Å²) in [4.78, 5) is 12.3. The molecule has 2 fully saturated rings. The SMILES string of the molecule is COc1cc(F)ccc1NC(=O)[C@H]1C[C@H]2CC[C@H]1C2. The third kappa shape index (κ3) is 2.31. The fraction of sp³-hybridized carbons (Fsp3) is 0.533. The molecule has 102 valence electrons. The molecule has 1 aromatic rings. The lowest BCUT2D eigenvalue weighted by Gasteiger charge is -2.21. The number of benzene rings is 1. The Labute approximate surface area is 112 Å². The molecular formula is C15H18FNO2. The predicted octanol–water partition coefficient (Wildman–Crippen LogP) is 3.21. The largest absolute Gasteiger partial charge is 0.494 e. The molecule has 3 nitrogen and oxygen atoms in total. The van der Waals surface area contributed by atoms with Crippen LogP contribution in [0.5, 0.6) is 5.75 Å². The molecule has 0 heterocycles. The van der Waals surface area contributed by atoms with Crippen molar-refractivity contribution in [1.29, 1.82) is 0 Å². The predicted molar refractivity (Wildman–Crippen MR) is 70.5 cm³/mol. The van der Waals surface area contributed by atoms with Crippen molar-refractivity contribution in [3.8, 4) is 5.75 Å². The topological polar surface area (TPSA) is 38.3 Å². The van der Waals surface area contributed by atoms with Crippen LogP contribution in [0.2, 0.25) is 0 Å². The van der Waals surface area contributed by atoms with E-state index in [0.29, 0.717) is 17.4 Å². The monoisotopic (exact) mass is 263 g/mol. The molecule has 0 radical (unpaired) electrons. The zero-order valence-corrected chi connectivity index (χ0v) is 11.0. The van der Waals surface area contributed by atoms with Crippen molar-refractivity contribution in [3.05, 3.63) is 24.0 Å². The van der Waals surface area contributed by atoms with Gasteiger partial charge in [0, 0.05) is 12.0 Å². The molecular weight excluding hydrogens is 245 g/mol. The number of carbonyl (C=O) groups is 1. The lowest BCUT2D eigenvalue weighted by molar-refractivity contribution is -0.121. The van der Waals surface area contributed by atoms with Crippen LogP contribution in [0.4, 0.5) is 10.1 Å². The smallest absolute Gasteiger partial charge is 0.227 e. The Morgan fingerprint density at radius 3 is 2.84 bits per heavy atom. The van der Waals surface area contributed by atoms with E-state index >= 15 is 0 Å². The van der Waals surface area contributed by atoms with Gasteiger partial charge in [0.25, 0.3) is 0 Å². The van der Waals surface area contributed by atoms with Gasteiger partial charge in [0.2, 0.25) is 5.91 Å². The lowest BCUT2D eigenvalue weighted by Crippen LogP contribution is -2.27. The maximum Gasteiger partial charge on any atom is 0.227 e. The summed E-state index contributed by atoms with van der Waals surface area (Å²) in [5.41, 5.74) is 0.552. The molecule has 3 rings (SSSR count). The third-order valence-electron chi connectivity index (χ3n) is 4.50. The van der Waals surface area contributed by atoms with Gasteiger partial charge in [-0.15, -0.1) is 0 Å². The van der Waals surface area contributed by atoms with Crippen LogP contribution in [0.3, 0.4) is 0 Å². The Hall–Kier alpha value is -1.58. The van der Waals surface area contributed by atoms with E-state index in [-0.39, 0.29) is 17.6 Å². The first kappa shape index (κ1) is 12.5. The third-order valence-corrected chi connectivity index (χ3v) is 4.50. The molecule has 2 aliphatic rings. The molecule has 0 spiro atoms. The van der Waals surface area contributed by atoms with Gasteiger partial charge in [0.15, 0.2) is 0 Å². The molecule has 2 bridgehead atoms. The average Bonchev–Trinajstić information content (AvgIpc) is 3.03. The normalized spacial score (nSPS) is 28.4. The van der Waals surface area contributed by atoms with Gasteiger partial charge in [-0.25, -0.2) is 4.39 Å². The van der Waals surface area contributed by atoms with Crippen LogP contribution < -0.4 is 10.1 Å². The van der Waals surface area contributed by atoms with Crippen LogP contribution in [0.15, 0.2) is 18.2 Å². The van der Waals surface area contributed by atoms with E-state index in [1.165, 1.54) is 38.5 Å². The van der Waals surface area contributed by atoms with Gasteiger partial charge in [-0.3, -0.25) is 4.79 Å². The number of anilines is 1. The highest BCUT2D eigenvalue weighted by atomic mass is 19.1. The zero-order chi connectivity index (χ0) is 13.4. The number of amides is 1. The number of hydrogen-bond acceptors (Lipinski definition) is 2. The maximum absolute atomic E-state index is 13.1. The van der Waals surface area contributed by atoms with E-state index in [4.69, 9.17) is 4.74 Å². The van der Waals surface area contributed by atoms with Crippen molar-refractivity contribution in [2.75, 3.05) is 12.4 Å². The van der Waals surface area contributed by atoms with Gasteiger partial charge in [-0.1, -0.05) is 6.42 Å². The number of hydrogen-bond donors (Lipinski definition) is 1. The lowest BCUT2D eigenvalue weighted by atomic mass is 9.88. The van der Waals surface area contributed by atoms with Crippen LogP contribution in [0.25, 0.3) is 0 Å². The van der Waals surface area contributed by atoms with E-state index in [0.717, 1.165) is 12.3 Å². The Balaban J connectivity index is 1.73. The standard InChI is InChI=1S/C15H18FNO2/c1-19-14-8-11(16)4-5-13(14)17-15(18)12-7-9-2-3-10(12)6-9/h4-5,8-10,12H,2-3,6-7H2,1H3,(H,17,18)/t9-,10-,12-/m0/s1. The first-order chi connectivity index (χ1) is 9.17. The Bertz CT molecular complexity index is 503. The number of nitrogens with one attached hydrogen (secondary N) is 1. The molecule has 3 atom stereocenters. The number of carbonyl (C=O) groups excluding carboxylic acids is 1. The average molecular weight is 263 g/mol. The van der Waals surface area contributed by atoms with E-state index in [1.54, 1.807) is 6.07 Å². The van der Waals surface area contributed by atoms with Crippen LogP contribution >= 0.6 is 0 Å². The quantitative estimate of drug-likeness (QED) is 0.909. The second-order valence-electron chi connectivity index (χ2n) is 5.62. The molecule has 1 N–H and O–H groups in total. The summed E-state index contributed by atoms with van der Waals surface area (Å²) in [6.45, 7) is 0. The summed E-state index contributed by atoms with van der Waals surface area (Å²) >= 11 is 0. The highest BCUT2D eigenvalue weighted by Gasteiger charge is 2.43. The van der Waals surface area contributed by atoms with Gasteiger partial charge in [-0.05, 0) is 43.2 Å². The van der Waals surface area contributed by atoms with E-state index < -0.39 is 0 Å². The summed E-state index contributed by atoms with van der Waals surface area (Å²) in [5, 5.41) is 2.88. The summed E-state index contributed by atoms with van der Waals surface area (Å²) in [6, 6.07) is 4.18. The van der Waals surface area contributed by atoms with Crippen molar-refractivity contribution in [3.63, 3.8) is 0 Å². The Kier molecular flexibility index (Phi) is 3.17.